The lowest BCUT2D eigenvalue weighted by molar-refractivity contribution is 0.152. The number of benzene rings is 1. The fourth-order valence-electron chi connectivity index (χ4n) is 1.83. The average molecular weight is 326 g/mol. The van der Waals surface area contributed by atoms with Crippen molar-refractivity contribution in [2.75, 3.05) is 13.2 Å². The van der Waals surface area contributed by atoms with Crippen LogP contribution in [0.2, 0.25) is 0 Å². The molecular formula is C15H20BrNO2. The Morgan fingerprint density at radius 2 is 2.11 bits per heavy atom. The van der Waals surface area contributed by atoms with Crippen molar-refractivity contribution in [2.45, 2.75) is 26.8 Å². The molecule has 0 aliphatic carbocycles. The lowest BCUT2D eigenvalue weighted by atomic mass is 9.94. The number of fused-ring (bicyclic) bond motifs is 1. The molecule has 1 atom stereocenters. The Kier molecular flexibility index (Phi) is 4.33. The van der Waals surface area contributed by atoms with Gasteiger partial charge < -0.3 is 14.8 Å². The molecule has 0 spiro atoms. The van der Waals surface area contributed by atoms with Crippen LogP contribution in [0.25, 0.3) is 11.0 Å². The van der Waals surface area contributed by atoms with Gasteiger partial charge in [-0.2, -0.15) is 0 Å². The van der Waals surface area contributed by atoms with Crippen LogP contribution in [0, 0.1) is 5.41 Å². The van der Waals surface area contributed by atoms with Crippen molar-refractivity contribution in [3.63, 3.8) is 0 Å². The average Bonchev–Trinajstić information content (AvgIpc) is 2.79. The Hall–Kier alpha value is -0.840. The summed E-state index contributed by atoms with van der Waals surface area (Å²) in [7, 11) is 0. The SMILES string of the molecule is CC(NCC(C)(C)CO)c1cc2cc(Br)ccc2o1. The highest BCUT2D eigenvalue weighted by molar-refractivity contribution is 9.10. The number of hydrogen-bond acceptors (Lipinski definition) is 3. The van der Waals surface area contributed by atoms with E-state index in [0.717, 1.165) is 27.7 Å². The first-order valence-electron chi connectivity index (χ1n) is 6.44. The van der Waals surface area contributed by atoms with Crippen LogP contribution in [0.3, 0.4) is 0 Å². The van der Waals surface area contributed by atoms with Gasteiger partial charge in [0.1, 0.15) is 11.3 Å². The molecule has 0 aliphatic heterocycles. The molecule has 1 unspecified atom stereocenters. The maximum Gasteiger partial charge on any atom is 0.134 e. The van der Waals surface area contributed by atoms with Crippen LogP contribution in [0.5, 0.6) is 0 Å². The minimum Gasteiger partial charge on any atom is -0.459 e. The van der Waals surface area contributed by atoms with Crippen molar-refractivity contribution in [1.82, 2.24) is 5.32 Å². The van der Waals surface area contributed by atoms with Crippen molar-refractivity contribution in [1.29, 1.82) is 0 Å². The zero-order valence-corrected chi connectivity index (χ0v) is 13.1. The van der Waals surface area contributed by atoms with E-state index in [-0.39, 0.29) is 18.1 Å². The molecule has 0 bridgehead atoms. The summed E-state index contributed by atoms with van der Waals surface area (Å²) < 4.78 is 6.89. The van der Waals surface area contributed by atoms with E-state index in [1.165, 1.54) is 0 Å². The first-order valence-corrected chi connectivity index (χ1v) is 7.24. The van der Waals surface area contributed by atoms with Crippen LogP contribution in [0.15, 0.2) is 33.2 Å². The van der Waals surface area contributed by atoms with Gasteiger partial charge in [-0.25, -0.2) is 0 Å². The van der Waals surface area contributed by atoms with E-state index in [1.54, 1.807) is 0 Å². The standard InChI is InChI=1S/C15H20BrNO2/c1-10(17-8-15(2,3)9-18)14-7-11-6-12(16)4-5-13(11)19-14/h4-7,10,17-18H,8-9H2,1-3H3. The van der Waals surface area contributed by atoms with Gasteiger partial charge in [0.05, 0.1) is 6.04 Å². The molecule has 1 heterocycles. The lowest BCUT2D eigenvalue weighted by Gasteiger charge is -2.24. The van der Waals surface area contributed by atoms with Crippen molar-refractivity contribution >= 4 is 26.9 Å². The van der Waals surface area contributed by atoms with Crippen LogP contribution in [-0.4, -0.2) is 18.3 Å². The number of furan rings is 1. The Morgan fingerprint density at radius 1 is 1.37 bits per heavy atom. The molecule has 0 saturated carbocycles. The largest absolute Gasteiger partial charge is 0.459 e. The summed E-state index contributed by atoms with van der Waals surface area (Å²) in [6, 6.07) is 8.17. The van der Waals surface area contributed by atoms with Gasteiger partial charge in [0.2, 0.25) is 0 Å². The predicted octanol–water partition coefficient (Wildman–Crippen LogP) is 3.86. The van der Waals surface area contributed by atoms with Gasteiger partial charge >= 0.3 is 0 Å². The molecule has 19 heavy (non-hydrogen) atoms. The van der Waals surface area contributed by atoms with Gasteiger partial charge in [-0.05, 0) is 31.2 Å². The third kappa shape index (κ3) is 3.59. The van der Waals surface area contributed by atoms with E-state index in [1.807, 2.05) is 32.0 Å². The lowest BCUT2D eigenvalue weighted by Crippen LogP contribution is -2.33. The minimum absolute atomic E-state index is 0.122. The third-order valence-electron chi connectivity index (χ3n) is 3.24. The summed E-state index contributed by atoms with van der Waals surface area (Å²) in [5, 5.41) is 13.8. The van der Waals surface area contributed by atoms with Crippen LogP contribution in [-0.2, 0) is 0 Å². The molecule has 3 nitrogen and oxygen atoms in total. The smallest absolute Gasteiger partial charge is 0.134 e. The number of rotatable bonds is 5. The predicted molar refractivity (Wildman–Crippen MR) is 81.2 cm³/mol. The fraction of sp³-hybridized carbons (Fsp3) is 0.467. The summed E-state index contributed by atoms with van der Waals surface area (Å²) in [4.78, 5) is 0. The Balaban J connectivity index is 2.11. The monoisotopic (exact) mass is 325 g/mol. The molecule has 4 heteroatoms. The molecule has 104 valence electrons. The van der Waals surface area contributed by atoms with Crippen LogP contribution in [0.1, 0.15) is 32.6 Å². The first kappa shape index (κ1) is 14.6. The van der Waals surface area contributed by atoms with E-state index in [0.29, 0.717) is 0 Å². The number of nitrogens with one attached hydrogen (secondary N) is 1. The van der Waals surface area contributed by atoms with E-state index in [9.17, 15) is 5.11 Å². The van der Waals surface area contributed by atoms with E-state index >= 15 is 0 Å². The van der Waals surface area contributed by atoms with Gasteiger partial charge in [0.25, 0.3) is 0 Å². The maximum absolute atomic E-state index is 9.25. The normalized spacial score (nSPS) is 13.9. The van der Waals surface area contributed by atoms with Crippen molar-refractivity contribution in [3.05, 3.63) is 34.5 Å². The first-order chi connectivity index (χ1) is 8.91. The molecular weight excluding hydrogens is 306 g/mol. The third-order valence-corrected chi connectivity index (χ3v) is 3.73. The highest BCUT2D eigenvalue weighted by Crippen LogP contribution is 2.27. The molecule has 0 saturated heterocycles. The van der Waals surface area contributed by atoms with Crippen molar-refractivity contribution < 1.29 is 9.52 Å². The number of hydrogen-bond donors (Lipinski definition) is 2. The second-order valence-corrected chi connectivity index (χ2v) is 6.67. The summed E-state index contributed by atoms with van der Waals surface area (Å²) >= 11 is 3.46. The van der Waals surface area contributed by atoms with Crippen LogP contribution >= 0.6 is 15.9 Å². The number of aliphatic hydroxyl groups excluding tert-OH is 1. The molecule has 1 aromatic heterocycles. The second-order valence-electron chi connectivity index (χ2n) is 5.76. The summed E-state index contributed by atoms with van der Waals surface area (Å²) in [6.07, 6.45) is 0. The molecule has 0 radical (unpaired) electrons. The molecule has 2 N–H and O–H groups in total. The second kappa shape index (κ2) is 5.65. The highest BCUT2D eigenvalue weighted by atomic mass is 79.9. The van der Waals surface area contributed by atoms with Gasteiger partial charge in [0.15, 0.2) is 0 Å². The van der Waals surface area contributed by atoms with Gasteiger partial charge in [-0.15, -0.1) is 0 Å². The van der Waals surface area contributed by atoms with Crippen LogP contribution in [0.4, 0.5) is 0 Å². The minimum atomic E-state index is -0.122. The van der Waals surface area contributed by atoms with E-state index in [4.69, 9.17) is 4.42 Å². The molecule has 1 aromatic carbocycles. The summed E-state index contributed by atoms with van der Waals surface area (Å²) in [6.45, 7) is 7.04. The molecule has 0 aliphatic rings. The highest BCUT2D eigenvalue weighted by Gasteiger charge is 2.19. The summed E-state index contributed by atoms with van der Waals surface area (Å²) in [5.41, 5.74) is 0.775. The topological polar surface area (TPSA) is 45.4 Å². The number of aliphatic hydroxyl groups is 1. The Bertz CT molecular complexity index is 562. The molecule has 2 rings (SSSR count). The Labute approximate surface area is 122 Å². The molecule has 0 amide bonds. The van der Waals surface area contributed by atoms with Crippen molar-refractivity contribution in [2.24, 2.45) is 5.41 Å². The van der Waals surface area contributed by atoms with Crippen LogP contribution < -0.4 is 5.32 Å². The Morgan fingerprint density at radius 3 is 2.79 bits per heavy atom. The van der Waals surface area contributed by atoms with E-state index < -0.39 is 0 Å². The maximum atomic E-state index is 9.25. The summed E-state index contributed by atoms with van der Waals surface area (Å²) in [5.74, 6) is 0.918. The quantitative estimate of drug-likeness (QED) is 0.877. The van der Waals surface area contributed by atoms with E-state index in [2.05, 4.69) is 34.2 Å². The molecule has 2 aromatic rings. The fourth-order valence-corrected chi connectivity index (χ4v) is 2.21. The zero-order valence-electron chi connectivity index (χ0n) is 11.5. The zero-order chi connectivity index (χ0) is 14.0. The molecule has 0 fully saturated rings. The van der Waals surface area contributed by atoms with Gasteiger partial charge in [0, 0.05) is 28.4 Å². The van der Waals surface area contributed by atoms with Gasteiger partial charge in [-0.3, -0.25) is 0 Å². The number of halogens is 1. The van der Waals surface area contributed by atoms with Gasteiger partial charge in [-0.1, -0.05) is 29.8 Å². The van der Waals surface area contributed by atoms with Crippen molar-refractivity contribution in [3.8, 4) is 0 Å².